The summed E-state index contributed by atoms with van der Waals surface area (Å²) in [4.78, 5) is 0. The first-order chi connectivity index (χ1) is 6.00. The van der Waals surface area contributed by atoms with Gasteiger partial charge in [0.2, 0.25) is 0 Å². The van der Waals surface area contributed by atoms with Crippen molar-refractivity contribution in [2.75, 3.05) is 0 Å². The molecule has 0 aliphatic carbocycles. The fourth-order valence-corrected chi connectivity index (χ4v) is 0. The van der Waals surface area contributed by atoms with Crippen molar-refractivity contribution in [2.45, 2.75) is 58.9 Å². The Hall–Kier alpha value is 1.75. The molecule has 0 nitrogen and oxygen atoms in total. The van der Waals surface area contributed by atoms with Gasteiger partial charge in [-0.15, -0.1) is 24.2 Å². The first kappa shape index (κ1) is 26.3. The van der Waals surface area contributed by atoms with E-state index in [4.69, 9.17) is 0 Å². The molecule has 0 fully saturated rings. The summed E-state index contributed by atoms with van der Waals surface area (Å²) in [6.07, 6.45) is 0. The largest absolute Gasteiger partial charge is 3.00 e. The van der Waals surface area contributed by atoms with E-state index in [9.17, 15) is 0 Å². The van der Waals surface area contributed by atoms with Gasteiger partial charge in [-0.05, 0) is 0 Å². The van der Waals surface area contributed by atoms with Gasteiger partial charge in [0, 0.05) is 0 Å². The van der Waals surface area contributed by atoms with Gasteiger partial charge in [0.15, 0.2) is 0 Å². The van der Waals surface area contributed by atoms with Crippen LogP contribution in [0.1, 0.15) is 0 Å². The third kappa shape index (κ3) is 1110. The van der Waals surface area contributed by atoms with E-state index >= 15 is 0 Å². The molecule has 0 unspecified atom stereocenters. The van der Waals surface area contributed by atoms with Crippen molar-refractivity contribution < 1.29 is 32.7 Å². The SMILES string of the molecule is [CH2-][Si](C)(C)C.[CH2-][Si](C)(C)C.[CH2-][Si](C)(C)C.[Y+3]. The van der Waals surface area contributed by atoms with Crippen LogP contribution in [0.2, 0.25) is 58.9 Å². The van der Waals surface area contributed by atoms with Gasteiger partial charge in [-0.3, -0.25) is 0 Å². The maximum Gasteiger partial charge on any atom is 3.00 e. The number of hydrogen-bond acceptors (Lipinski definition) is 0. The fourth-order valence-electron chi connectivity index (χ4n) is 0. The van der Waals surface area contributed by atoms with Crippen LogP contribution >= 0.6 is 0 Å². The molecule has 0 aromatic rings. The van der Waals surface area contributed by atoms with Crippen molar-refractivity contribution in [3.63, 3.8) is 0 Å². The predicted octanol–water partition coefficient (Wildman–Crippen LogP) is 5.09. The Kier molecular flexibility index (Phi) is 17.5. The summed E-state index contributed by atoms with van der Waals surface area (Å²) in [5, 5.41) is 0. The van der Waals surface area contributed by atoms with E-state index in [0.29, 0.717) is 0 Å². The molecule has 0 bridgehead atoms. The minimum absolute atomic E-state index is 0. The normalized spacial score (nSPS) is 11.2. The topological polar surface area (TPSA) is 0 Å². The molecule has 0 heterocycles. The summed E-state index contributed by atoms with van der Waals surface area (Å²) in [6, 6.07) is 0. The van der Waals surface area contributed by atoms with E-state index in [1.165, 1.54) is 0 Å². The van der Waals surface area contributed by atoms with Crippen LogP contribution in [0.3, 0.4) is 0 Å². The molecule has 0 N–H and O–H groups in total. The van der Waals surface area contributed by atoms with Gasteiger partial charge in [0.05, 0.1) is 0 Å². The maximum absolute atomic E-state index is 3.91. The van der Waals surface area contributed by atoms with Gasteiger partial charge in [0.25, 0.3) is 0 Å². The van der Waals surface area contributed by atoms with Crippen LogP contribution in [0.25, 0.3) is 0 Å². The van der Waals surface area contributed by atoms with Crippen molar-refractivity contribution in [1.82, 2.24) is 0 Å². The Bertz CT molecular complexity index is 91.3. The molecule has 4 heteroatoms. The smallest absolute Gasteiger partial charge is 0.342 e. The minimum atomic E-state index is -0.861. The van der Waals surface area contributed by atoms with Crippen LogP contribution in [0.4, 0.5) is 0 Å². The van der Waals surface area contributed by atoms with Gasteiger partial charge in [-0.2, -0.15) is 0 Å². The van der Waals surface area contributed by atoms with Crippen molar-refractivity contribution in [3.05, 3.63) is 19.6 Å². The maximum atomic E-state index is 3.91. The third-order valence-electron chi connectivity index (χ3n) is 0. The van der Waals surface area contributed by atoms with E-state index in [2.05, 4.69) is 78.6 Å². The van der Waals surface area contributed by atoms with Crippen LogP contribution in [0, 0.1) is 19.6 Å². The molecular weight excluding hydrogens is 317 g/mol. The second-order valence-corrected chi connectivity index (χ2v) is 23.0. The summed E-state index contributed by atoms with van der Waals surface area (Å²) < 4.78 is 0. The second-order valence-electron chi connectivity index (χ2n) is 7.68. The number of hydrogen-bond donors (Lipinski definition) is 0. The van der Waals surface area contributed by atoms with Crippen LogP contribution in [0.15, 0.2) is 0 Å². The molecule has 0 spiro atoms. The molecule has 0 aliphatic rings. The summed E-state index contributed by atoms with van der Waals surface area (Å²) in [5.74, 6) is 0. The van der Waals surface area contributed by atoms with Gasteiger partial charge < -0.3 is 19.6 Å². The van der Waals surface area contributed by atoms with Crippen molar-refractivity contribution >= 4 is 24.2 Å². The molecule has 16 heavy (non-hydrogen) atoms. The quantitative estimate of drug-likeness (QED) is 0.422. The first-order valence-corrected chi connectivity index (χ1v) is 16.7. The number of rotatable bonds is 0. The Morgan fingerprint density at radius 2 is 0.438 bits per heavy atom. The molecule has 0 aliphatic heterocycles. The van der Waals surface area contributed by atoms with Crippen LogP contribution in [-0.2, 0) is 32.7 Å². The van der Waals surface area contributed by atoms with Gasteiger partial charge >= 0.3 is 32.7 Å². The Balaban J connectivity index is -0.0000000655. The molecule has 0 aromatic carbocycles. The molecule has 0 atom stereocenters. The minimum Gasteiger partial charge on any atom is -0.342 e. The van der Waals surface area contributed by atoms with Crippen molar-refractivity contribution in [3.8, 4) is 0 Å². The molecule has 96 valence electrons. The molecular formula is C12H33Si3Y. The molecule has 0 radical (unpaired) electrons. The average Bonchev–Trinajstić information content (AvgIpc) is 1.41. The Labute approximate surface area is 134 Å². The van der Waals surface area contributed by atoms with Gasteiger partial charge in [-0.25, -0.2) is 0 Å². The predicted molar refractivity (Wildman–Crippen MR) is 86.1 cm³/mol. The summed E-state index contributed by atoms with van der Waals surface area (Å²) in [7, 11) is -2.58. The first-order valence-electron chi connectivity index (χ1n) is 5.56. The van der Waals surface area contributed by atoms with E-state index in [0.717, 1.165) is 0 Å². The molecule has 0 rings (SSSR count). The van der Waals surface area contributed by atoms with Crippen LogP contribution in [0.5, 0.6) is 0 Å². The second kappa shape index (κ2) is 10.7. The summed E-state index contributed by atoms with van der Waals surface area (Å²) in [6.45, 7) is 31.7. The third-order valence-corrected chi connectivity index (χ3v) is 0. The standard InChI is InChI=1S/3C4H11Si.Y/c3*1-5(2,3)4;/h3*1H2,2-4H3;/q3*-1;+3. The van der Waals surface area contributed by atoms with Gasteiger partial charge in [0.1, 0.15) is 0 Å². The van der Waals surface area contributed by atoms with E-state index in [1.54, 1.807) is 0 Å². The molecule has 0 aromatic heterocycles. The monoisotopic (exact) mass is 350 g/mol. The fraction of sp³-hybridized carbons (Fsp3) is 0.750. The van der Waals surface area contributed by atoms with Crippen LogP contribution in [-0.4, -0.2) is 24.2 Å². The van der Waals surface area contributed by atoms with Crippen molar-refractivity contribution in [2.24, 2.45) is 0 Å². The zero-order valence-corrected chi connectivity index (χ0v) is 19.0. The van der Waals surface area contributed by atoms with E-state index in [1.807, 2.05) is 0 Å². The van der Waals surface area contributed by atoms with Gasteiger partial charge in [-0.1, -0.05) is 58.9 Å². The zero-order chi connectivity index (χ0) is 13.5. The Morgan fingerprint density at radius 3 is 0.438 bits per heavy atom. The van der Waals surface area contributed by atoms with E-state index in [-0.39, 0.29) is 32.7 Å². The molecule has 0 saturated carbocycles. The average molecular weight is 351 g/mol. The summed E-state index contributed by atoms with van der Waals surface area (Å²) in [5.41, 5.74) is 0. The zero-order valence-electron chi connectivity index (χ0n) is 13.2. The van der Waals surface area contributed by atoms with E-state index < -0.39 is 24.2 Å². The Morgan fingerprint density at radius 1 is 0.438 bits per heavy atom. The van der Waals surface area contributed by atoms with Crippen LogP contribution < -0.4 is 0 Å². The van der Waals surface area contributed by atoms with Crippen molar-refractivity contribution in [1.29, 1.82) is 0 Å². The molecule has 0 amide bonds. The molecule has 0 saturated heterocycles. The summed E-state index contributed by atoms with van der Waals surface area (Å²) >= 11 is 0.